The van der Waals surface area contributed by atoms with Crippen LogP contribution in [0.15, 0.2) is 106 Å². The van der Waals surface area contributed by atoms with Gasteiger partial charge >= 0.3 is 16.1 Å². The van der Waals surface area contributed by atoms with E-state index in [2.05, 4.69) is 0 Å². The molecule has 0 saturated carbocycles. The Balaban J connectivity index is 1.41. The number of carboxylic acid groups (broad SMARTS) is 1. The van der Waals surface area contributed by atoms with Crippen molar-refractivity contribution in [3.8, 4) is 0 Å². The maximum atomic E-state index is 12.6. The molecule has 0 bridgehead atoms. The molecule has 56 heavy (non-hydrogen) atoms. The number of carboxylic acids is 1. The molecule has 0 aliphatic carbocycles. The molecule has 0 unspecified atom stereocenters. The van der Waals surface area contributed by atoms with Gasteiger partial charge in [-0.3, -0.25) is 23.0 Å². The summed E-state index contributed by atoms with van der Waals surface area (Å²) in [6, 6.07) is 12.8. The number of aliphatic carboxylic acids is 1. The third-order valence-corrected chi connectivity index (χ3v) is 12.6. The Morgan fingerprint density at radius 1 is 0.679 bits per heavy atom. The summed E-state index contributed by atoms with van der Waals surface area (Å²) in [5.74, 6) is -1.67. The SMILES string of the molecule is O=C(O)CCCn1c(=CC=CC=CC=CC2=[N+](CCCS(=O)(=O)O)c3c(S(=O)(=O)O)cc(S(=O)(=O)O)c4cccc2c34)c2cccc3c(S(=O)(=O)O)ccc1c32. The molecule has 0 atom stereocenters. The Labute approximate surface area is 320 Å². The highest BCUT2D eigenvalue weighted by Crippen LogP contribution is 2.43. The van der Waals surface area contributed by atoms with Crippen LogP contribution in [0, 0.1) is 0 Å². The minimum atomic E-state index is -5.11. The van der Waals surface area contributed by atoms with Crippen molar-refractivity contribution < 1.29 is 66.4 Å². The molecule has 0 amide bonds. The fraction of sp³-hybridized carbons (Fsp3) is 0.167. The van der Waals surface area contributed by atoms with Crippen molar-refractivity contribution in [2.24, 2.45) is 0 Å². The van der Waals surface area contributed by atoms with E-state index in [1.54, 1.807) is 66.8 Å². The first-order valence-corrected chi connectivity index (χ1v) is 22.5. The number of aromatic nitrogens is 1. The molecule has 6 rings (SSSR count). The topological polar surface area (TPSA) is 263 Å². The fourth-order valence-corrected chi connectivity index (χ4v) is 9.66. The van der Waals surface area contributed by atoms with E-state index in [4.69, 9.17) is 0 Å². The van der Waals surface area contributed by atoms with Gasteiger partial charge in [-0.15, -0.1) is 0 Å². The average Bonchev–Trinajstić information content (AvgIpc) is 3.56. The summed E-state index contributed by atoms with van der Waals surface area (Å²) in [4.78, 5) is 9.38. The molecule has 4 aromatic carbocycles. The maximum absolute atomic E-state index is 12.6. The van der Waals surface area contributed by atoms with Crippen LogP contribution in [0.3, 0.4) is 0 Å². The zero-order valence-electron chi connectivity index (χ0n) is 28.9. The predicted molar refractivity (Wildman–Crippen MR) is 207 cm³/mol. The van der Waals surface area contributed by atoms with Gasteiger partial charge < -0.3 is 9.67 Å². The lowest BCUT2D eigenvalue weighted by Crippen LogP contribution is -2.18. The van der Waals surface area contributed by atoms with Gasteiger partial charge in [0.05, 0.1) is 16.7 Å². The first kappa shape index (κ1) is 40.6. The van der Waals surface area contributed by atoms with Gasteiger partial charge in [-0.1, -0.05) is 60.7 Å². The number of benzene rings is 4. The van der Waals surface area contributed by atoms with E-state index in [1.807, 2.05) is 4.57 Å². The maximum Gasteiger partial charge on any atom is 0.303 e. The Bertz CT molecular complexity index is 3110. The Kier molecular flexibility index (Phi) is 11.0. The summed E-state index contributed by atoms with van der Waals surface area (Å²) in [6.45, 7) is 0.0943. The van der Waals surface area contributed by atoms with Crippen molar-refractivity contribution >= 4 is 96.4 Å². The standard InChI is InChI=1S/C36H32N2O14S4/c39-33(40)16-8-19-37-27(23-10-6-12-25-30(54(44,45)46)18-17-29(37)34(23)25)14-4-2-1-3-5-15-28-24-11-7-13-26-31(55(47,48)49)22-32(56(50,51)52)36(35(24)26)38(28)20-9-21-53(41,42)43/h1-7,10-15,17-18,22H,8-9,16,19-21H2,(H4-,39,40,41,42,43,44,45,46,47,48,49,50,51,52)/p+1. The number of carbonyl (C=O) groups is 1. The van der Waals surface area contributed by atoms with Gasteiger partial charge in [0.15, 0.2) is 11.4 Å². The second-order valence-corrected chi connectivity index (χ2v) is 18.4. The Morgan fingerprint density at radius 3 is 1.93 bits per heavy atom. The van der Waals surface area contributed by atoms with E-state index < -0.39 is 62.0 Å². The summed E-state index contributed by atoms with van der Waals surface area (Å²) in [5.41, 5.74) is 1.07. The molecular weight excluding hydrogens is 813 g/mol. The number of aryl methyl sites for hydroxylation is 1. The normalized spacial score (nSPS) is 14.7. The van der Waals surface area contributed by atoms with Crippen molar-refractivity contribution in [3.05, 3.63) is 102 Å². The number of rotatable bonds is 15. The van der Waals surface area contributed by atoms with Gasteiger partial charge in [0.25, 0.3) is 30.4 Å². The lowest BCUT2D eigenvalue weighted by Gasteiger charge is -2.09. The van der Waals surface area contributed by atoms with Crippen LogP contribution < -0.4 is 5.35 Å². The summed E-state index contributed by atoms with van der Waals surface area (Å²) < 4.78 is 140. The van der Waals surface area contributed by atoms with Gasteiger partial charge in [-0.05, 0) is 36.8 Å². The monoisotopic (exact) mass is 845 g/mol. The Hall–Kier alpha value is -5.06. The molecule has 1 aliphatic heterocycles. The first-order valence-electron chi connectivity index (χ1n) is 16.6. The molecule has 0 radical (unpaired) electrons. The van der Waals surface area contributed by atoms with Crippen LogP contribution in [0.25, 0.3) is 38.5 Å². The van der Waals surface area contributed by atoms with Gasteiger partial charge in [0.2, 0.25) is 11.4 Å². The molecule has 1 aromatic heterocycles. The molecule has 294 valence electrons. The minimum Gasteiger partial charge on any atom is -0.481 e. The van der Waals surface area contributed by atoms with E-state index in [1.165, 1.54) is 28.9 Å². The highest BCUT2D eigenvalue weighted by molar-refractivity contribution is 7.87. The van der Waals surface area contributed by atoms with Crippen molar-refractivity contribution in [2.45, 2.75) is 40.5 Å². The van der Waals surface area contributed by atoms with Gasteiger partial charge in [-0.2, -0.15) is 38.2 Å². The third kappa shape index (κ3) is 8.22. The quantitative estimate of drug-likeness (QED) is 0.0564. The van der Waals surface area contributed by atoms with E-state index >= 15 is 0 Å². The highest BCUT2D eigenvalue weighted by atomic mass is 32.2. The average molecular weight is 846 g/mol. The van der Waals surface area contributed by atoms with Crippen LogP contribution in [0.2, 0.25) is 0 Å². The van der Waals surface area contributed by atoms with Gasteiger partial charge in [0, 0.05) is 57.9 Å². The van der Waals surface area contributed by atoms with E-state index in [-0.39, 0.29) is 52.9 Å². The third-order valence-electron chi connectivity index (χ3n) is 9.08. The molecule has 1 aliphatic rings. The van der Waals surface area contributed by atoms with Gasteiger partial charge in [-0.25, -0.2) is 0 Å². The van der Waals surface area contributed by atoms with Crippen molar-refractivity contribution in [1.29, 1.82) is 0 Å². The lowest BCUT2D eigenvalue weighted by molar-refractivity contribution is -0.437. The fourth-order valence-electron chi connectivity index (χ4n) is 6.97. The molecule has 20 heteroatoms. The number of allylic oxidation sites excluding steroid dienone is 6. The van der Waals surface area contributed by atoms with Crippen LogP contribution >= 0.6 is 0 Å². The summed E-state index contributed by atoms with van der Waals surface area (Å²) in [7, 11) is -19.1. The highest BCUT2D eigenvalue weighted by Gasteiger charge is 2.39. The predicted octanol–water partition coefficient (Wildman–Crippen LogP) is 4.15. The Morgan fingerprint density at radius 2 is 1.29 bits per heavy atom. The zero-order chi connectivity index (χ0) is 40.8. The molecule has 5 aromatic rings. The van der Waals surface area contributed by atoms with Crippen LogP contribution in [0.5, 0.6) is 0 Å². The summed E-state index contributed by atoms with van der Waals surface area (Å²) in [6.07, 6.45) is 11.4. The minimum absolute atomic E-state index is 0.0569. The summed E-state index contributed by atoms with van der Waals surface area (Å²) >= 11 is 0. The lowest BCUT2D eigenvalue weighted by atomic mass is 10.0. The van der Waals surface area contributed by atoms with Gasteiger partial charge in [0.1, 0.15) is 9.79 Å². The number of hydrogen-bond acceptors (Lipinski definition) is 9. The molecule has 0 fully saturated rings. The van der Waals surface area contributed by atoms with E-state index in [0.717, 1.165) is 0 Å². The van der Waals surface area contributed by atoms with Crippen molar-refractivity contribution in [1.82, 2.24) is 4.57 Å². The van der Waals surface area contributed by atoms with Crippen LogP contribution in [0.1, 0.15) is 24.8 Å². The van der Waals surface area contributed by atoms with Crippen LogP contribution in [-0.2, 0) is 51.8 Å². The molecular formula is C36H33N2O14S4+. The van der Waals surface area contributed by atoms with Crippen LogP contribution in [-0.4, -0.2) is 90.1 Å². The number of hydrogen-bond donors (Lipinski definition) is 5. The molecule has 2 heterocycles. The van der Waals surface area contributed by atoms with Crippen molar-refractivity contribution in [3.63, 3.8) is 0 Å². The first-order chi connectivity index (χ1) is 26.2. The molecule has 16 nitrogen and oxygen atoms in total. The molecule has 0 saturated heterocycles. The van der Waals surface area contributed by atoms with E-state index in [0.29, 0.717) is 45.2 Å². The largest absolute Gasteiger partial charge is 0.481 e. The summed E-state index contributed by atoms with van der Waals surface area (Å²) in [5, 5.41) is 11.4. The van der Waals surface area contributed by atoms with Crippen molar-refractivity contribution in [2.75, 3.05) is 12.3 Å². The second kappa shape index (κ2) is 15.1. The second-order valence-electron chi connectivity index (χ2n) is 12.7. The smallest absolute Gasteiger partial charge is 0.303 e. The van der Waals surface area contributed by atoms with Crippen LogP contribution in [0.4, 0.5) is 5.69 Å². The van der Waals surface area contributed by atoms with E-state index in [9.17, 15) is 61.8 Å². The molecule has 0 spiro atoms. The number of nitrogens with zero attached hydrogens (tertiary/aromatic N) is 2. The zero-order valence-corrected chi connectivity index (χ0v) is 32.2. The molecule has 5 N–H and O–H groups in total.